The number of aliphatic hydroxyl groups excluding tert-OH is 1. The fraction of sp³-hybridized carbons (Fsp3) is 0.318. The Bertz CT molecular complexity index is 995. The largest absolute Gasteiger partial charge is 0.497 e. The van der Waals surface area contributed by atoms with E-state index in [2.05, 4.69) is 10.1 Å². The van der Waals surface area contributed by atoms with Crippen LogP contribution in [0.1, 0.15) is 35.0 Å². The molecule has 156 valence electrons. The smallest absolute Gasteiger partial charge is 0.343 e. The summed E-state index contributed by atoms with van der Waals surface area (Å²) in [5, 5.41) is 24.5. The van der Waals surface area contributed by atoms with Gasteiger partial charge in [-0.05, 0) is 55.2 Å². The number of piperidine rings is 1. The van der Waals surface area contributed by atoms with Gasteiger partial charge in [0.1, 0.15) is 5.75 Å². The lowest BCUT2D eigenvalue weighted by atomic mass is 9.89. The number of aromatic nitrogens is 2. The number of carboxylic acids is 1. The number of hydrogen-bond acceptors (Lipinski definition) is 7. The molecule has 1 atom stereocenters. The van der Waals surface area contributed by atoms with Crippen LogP contribution in [0.3, 0.4) is 0 Å². The molecule has 0 aliphatic carbocycles. The van der Waals surface area contributed by atoms with Crippen molar-refractivity contribution >= 4 is 11.8 Å². The van der Waals surface area contributed by atoms with Crippen LogP contribution in [0.4, 0.5) is 5.82 Å². The zero-order valence-corrected chi connectivity index (χ0v) is 16.6. The van der Waals surface area contributed by atoms with Crippen LogP contribution in [-0.4, -0.2) is 46.5 Å². The van der Waals surface area contributed by atoms with Gasteiger partial charge in [-0.1, -0.05) is 11.2 Å². The molecular formula is C22H23N3O5. The van der Waals surface area contributed by atoms with E-state index >= 15 is 0 Å². The maximum Gasteiger partial charge on any atom is 0.343 e. The summed E-state index contributed by atoms with van der Waals surface area (Å²) in [6, 6.07) is 12.5. The maximum absolute atomic E-state index is 12.0. The Labute approximate surface area is 173 Å². The molecule has 0 radical (unpaired) electrons. The van der Waals surface area contributed by atoms with E-state index in [0.717, 1.165) is 0 Å². The molecule has 1 aliphatic heterocycles. The van der Waals surface area contributed by atoms with E-state index in [0.29, 0.717) is 48.8 Å². The van der Waals surface area contributed by atoms with Crippen LogP contribution in [0.2, 0.25) is 0 Å². The molecule has 1 unspecified atom stereocenters. The second-order valence-electron chi connectivity index (χ2n) is 7.27. The highest BCUT2D eigenvalue weighted by molar-refractivity contribution is 5.99. The van der Waals surface area contributed by atoms with Crippen molar-refractivity contribution in [2.75, 3.05) is 25.1 Å². The Morgan fingerprint density at radius 3 is 2.53 bits per heavy atom. The van der Waals surface area contributed by atoms with Crippen molar-refractivity contribution in [2.45, 2.75) is 18.9 Å². The summed E-state index contributed by atoms with van der Waals surface area (Å²) in [5.74, 6) is 0.170. The fourth-order valence-corrected chi connectivity index (χ4v) is 3.85. The van der Waals surface area contributed by atoms with Gasteiger partial charge < -0.3 is 24.4 Å². The van der Waals surface area contributed by atoms with Gasteiger partial charge in [0.2, 0.25) is 0 Å². The molecule has 1 aromatic carbocycles. The molecule has 1 saturated heterocycles. The van der Waals surface area contributed by atoms with Crippen LogP contribution in [-0.2, 0) is 0 Å². The monoisotopic (exact) mass is 409 g/mol. The van der Waals surface area contributed by atoms with E-state index in [9.17, 15) is 15.0 Å². The van der Waals surface area contributed by atoms with Crippen LogP contribution >= 0.6 is 0 Å². The normalized spacial score (nSPS) is 15.7. The predicted molar refractivity (Wildman–Crippen MR) is 110 cm³/mol. The van der Waals surface area contributed by atoms with Gasteiger partial charge in [-0.25, -0.2) is 4.79 Å². The maximum atomic E-state index is 12.0. The van der Waals surface area contributed by atoms with Crippen LogP contribution in [0, 0.1) is 5.92 Å². The minimum Gasteiger partial charge on any atom is -0.497 e. The summed E-state index contributed by atoms with van der Waals surface area (Å²) < 4.78 is 10.6. The minimum absolute atomic E-state index is 0.0453. The molecule has 0 bridgehead atoms. The topological polar surface area (TPSA) is 109 Å². The molecule has 0 saturated carbocycles. The lowest BCUT2D eigenvalue weighted by Crippen LogP contribution is -2.36. The van der Waals surface area contributed by atoms with Crippen molar-refractivity contribution in [2.24, 2.45) is 5.92 Å². The number of ether oxygens (including phenoxy) is 1. The van der Waals surface area contributed by atoms with Crippen molar-refractivity contribution in [3.8, 4) is 17.1 Å². The number of carboxylic acid groups (broad SMARTS) is 1. The van der Waals surface area contributed by atoms with Gasteiger partial charge in [0.05, 0.1) is 18.9 Å². The van der Waals surface area contributed by atoms with E-state index in [1.54, 1.807) is 37.6 Å². The molecular weight excluding hydrogens is 386 g/mol. The first-order valence-electron chi connectivity index (χ1n) is 9.80. The van der Waals surface area contributed by atoms with Gasteiger partial charge in [0, 0.05) is 24.8 Å². The average molecular weight is 409 g/mol. The van der Waals surface area contributed by atoms with E-state index in [1.807, 2.05) is 23.1 Å². The number of carbonyl (C=O) groups is 1. The summed E-state index contributed by atoms with van der Waals surface area (Å²) >= 11 is 0. The van der Waals surface area contributed by atoms with E-state index in [-0.39, 0.29) is 17.2 Å². The van der Waals surface area contributed by atoms with Crippen LogP contribution < -0.4 is 9.64 Å². The molecule has 2 N–H and O–H groups in total. The first-order valence-corrected chi connectivity index (χ1v) is 9.80. The molecule has 3 aromatic rings. The summed E-state index contributed by atoms with van der Waals surface area (Å²) in [7, 11) is 1.57. The van der Waals surface area contributed by atoms with Gasteiger partial charge in [0.15, 0.2) is 17.1 Å². The molecule has 30 heavy (non-hydrogen) atoms. The third-order valence-electron chi connectivity index (χ3n) is 5.52. The van der Waals surface area contributed by atoms with Crippen molar-refractivity contribution in [3.63, 3.8) is 0 Å². The van der Waals surface area contributed by atoms with E-state index in [1.165, 1.54) is 0 Å². The van der Waals surface area contributed by atoms with Crippen molar-refractivity contribution < 1.29 is 24.3 Å². The summed E-state index contributed by atoms with van der Waals surface area (Å²) in [5.41, 5.74) is 1.32. The third kappa shape index (κ3) is 3.86. The highest BCUT2D eigenvalue weighted by atomic mass is 16.5. The van der Waals surface area contributed by atoms with Crippen LogP contribution in [0.5, 0.6) is 5.75 Å². The molecule has 2 aromatic heterocycles. The standard InChI is InChI=1S/C22H23N3O5/c1-29-16-7-5-15(6-8-16)20-18(22(27)28)21(24-30-20)25-12-9-14(10-13-25)19(26)17-4-2-3-11-23-17/h2-8,11,14,19,26H,9-10,12-13H2,1H3,(H,27,28). The fourth-order valence-electron chi connectivity index (χ4n) is 3.85. The first kappa shape index (κ1) is 19.9. The van der Waals surface area contributed by atoms with Crippen LogP contribution in [0.25, 0.3) is 11.3 Å². The number of benzene rings is 1. The Morgan fingerprint density at radius 2 is 1.93 bits per heavy atom. The summed E-state index contributed by atoms with van der Waals surface area (Å²) in [6.45, 7) is 1.15. The Morgan fingerprint density at radius 1 is 1.20 bits per heavy atom. The number of nitrogens with zero attached hydrogens (tertiary/aromatic N) is 3. The lowest BCUT2D eigenvalue weighted by molar-refractivity contribution is 0.0696. The van der Waals surface area contributed by atoms with Crippen molar-refractivity contribution in [1.82, 2.24) is 10.1 Å². The number of aromatic carboxylic acids is 1. The lowest BCUT2D eigenvalue weighted by Gasteiger charge is -2.34. The molecule has 3 heterocycles. The number of hydrogen-bond donors (Lipinski definition) is 2. The minimum atomic E-state index is -1.09. The van der Waals surface area contributed by atoms with Crippen LogP contribution in [0.15, 0.2) is 53.2 Å². The van der Waals surface area contributed by atoms with Gasteiger partial charge in [0.25, 0.3) is 0 Å². The van der Waals surface area contributed by atoms with Gasteiger partial charge >= 0.3 is 5.97 Å². The third-order valence-corrected chi connectivity index (χ3v) is 5.52. The van der Waals surface area contributed by atoms with Crippen molar-refractivity contribution in [1.29, 1.82) is 0 Å². The van der Waals surface area contributed by atoms with Gasteiger partial charge in [-0.15, -0.1) is 0 Å². The SMILES string of the molecule is COc1ccc(-c2onc(N3CCC(C(O)c4ccccn4)CC3)c2C(=O)O)cc1. The van der Waals surface area contributed by atoms with E-state index in [4.69, 9.17) is 9.26 Å². The number of rotatable bonds is 6. The van der Waals surface area contributed by atoms with Crippen molar-refractivity contribution in [3.05, 3.63) is 59.9 Å². The first-order chi connectivity index (χ1) is 14.6. The second-order valence-corrected chi connectivity index (χ2v) is 7.27. The summed E-state index contributed by atoms with van der Waals surface area (Å²) in [6.07, 6.45) is 2.42. The number of aliphatic hydroxyl groups is 1. The predicted octanol–water partition coefficient (Wildman–Crippen LogP) is 3.39. The Balaban J connectivity index is 1.52. The molecule has 0 amide bonds. The number of anilines is 1. The molecule has 4 rings (SSSR count). The molecule has 8 nitrogen and oxygen atoms in total. The highest BCUT2D eigenvalue weighted by Gasteiger charge is 2.32. The zero-order chi connectivity index (χ0) is 21.1. The average Bonchev–Trinajstić information content (AvgIpc) is 3.25. The van der Waals surface area contributed by atoms with E-state index < -0.39 is 12.1 Å². The van der Waals surface area contributed by atoms with Gasteiger partial charge in [-0.3, -0.25) is 4.98 Å². The number of methoxy groups -OCH3 is 1. The highest BCUT2D eigenvalue weighted by Crippen LogP contribution is 2.36. The zero-order valence-electron chi connectivity index (χ0n) is 16.6. The molecule has 8 heteroatoms. The Hall–Kier alpha value is -3.39. The molecule has 1 aliphatic rings. The molecule has 1 fully saturated rings. The second kappa shape index (κ2) is 8.54. The summed E-state index contributed by atoms with van der Waals surface area (Å²) in [4.78, 5) is 18.1. The molecule has 0 spiro atoms. The van der Waals surface area contributed by atoms with Gasteiger partial charge in [-0.2, -0.15) is 0 Å². The Kier molecular flexibility index (Phi) is 5.67. The number of pyridine rings is 1. The quantitative estimate of drug-likeness (QED) is 0.638.